The van der Waals surface area contributed by atoms with E-state index in [-0.39, 0.29) is 42.0 Å². The van der Waals surface area contributed by atoms with E-state index in [9.17, 15) is 4.79 Å². The van der Waals surface area contributed by atoms with Gasteiger partial charge in [0.05, 0.1) is 12.6 Å². The Morgan fingerprint density at radius 2 is 1.88 bits per heavy atom. The third kappa shape index (κ3) is 10.9. The first-order valence-corrected chi connectivity index (χ1v) is 9.23. The second-order valence-corrected chi connectivity index (χ2v) is 7.48. The van der Waals surface area contributed by atoms with Gasteiger partial charge in [-0.2, -0.15) is 0 Å². The fraction of sp³-hybridized carbons (Fsp3) is 0.889. The number of aliphatic imine (C=N–C) groups is 1. The molecule has 1 unspecified atom stereocenters. The van der Waals surface area contributed by atoms with Crippen LogP contribution in [0.3, 0.4) is 0 Å². The molecule has 7 heteroatoms. The minimum Gasteiger partial charge on any atom is -0.378 e. The summed E-state index contributed by atoms with van der Waals surface area (Å²) in [5.74, 6) is 1.31. The Labute approximate surface area is 170 Å². The Morgan fingerprint density at radius 1 is 1.24 bits per heavy atom. The zero-order valence-corrected chi connectivity index (χ0v) is 18.8. The Bertz CT molecular complexity index is 404. The number of amides is 1. The molecule has 1 aliphatic rings. The van der Waals surface area contributed by atoms with Gasteiger partial charge in [-0.3, -0.25) is 9.79 Å². The van der Waals surface area contributed by atoms with Crippen molar-refractivity contribution in [3.63, 3.8) is 0 Å². The van der Waals surface area contributed by atoms with E-state index in [0.717, 1.165) is 19.6 Å². The number of halogens is 1. The summed E-state index contributed by atoms with van der Waals surface area (Å²) < 4.78 is 5.93. The summed E-state index contributed by atoms with van der Waals surface area (Å²) in [6.45, 7) is 9.74. The second-order valence-electron chi connectivity index (χ2n) is 7.48. The summed E-state index contributed by atoms with van der Waals surface area (Å²) in [4.78, 5) is 16.0. The fourth-order valence-electron chi connectivity index (χ4n) is 3.18. The van der Waals surface area contributed by atoms with Gasteiger partial charge in [0.1, 0.15) is 0 Å². The van der Waals surface area contributed by atoms with Crippen molar-refractivity contribution in [3.8, 4) is 0 Å². The van der Waals surface area contributed by atoms with Crippen LogP contribution in [-0.4, -0.2) is 50.3 Å². The van der Waals surface area contributed by atoms with Gasteiger partial charge in [0.25, 0.3) is 0 Å². The van der Waals surface area contributed by atoms with Gasteiger partial charge in [-0.1, -0.05) is 12.8 Å². The summed E-state index contributed by atoms with van der Waals surface area (Å²) in [6.07, 6.45) is 6.51. The van der Waals surface area contributed by atoms with Crippen molar-refractivity contribution < 1.29 is 9.53 Å². The molecule has 0 spiro atoms. The second kappa shape index (κ2) is 12.7. The molecule has 1 rings (SSSR count). The van der Waals surface area contributed by atoms with Gasteiger partial charge in [-0.05, 0) is 52.9 Å². The number of carbonyl (C=O) groups excluding carboxylic acids is 1. The van der Waals surface area contributed by atoms with Crippen LogP contribution in [-0.2, 0) is 9.53 Å². The lowest BCUT2D eigenvalue weighted by Crippen LogP contribution is -2.48. The molecule has 1 aliphatic carbocycles. The standard InChI is InChI=1S/C18H36N4O2.HI/c1-6-24-15(14-9-7-8-10-14)11-12-20-17(19-5)21-13-16(23)22-18(2,3)4;/h14-15H,6-13H2,1-5H3,(H,22,23)(H2,19,20,21);1H. The minimum absolute atomic E-state index is 0. The Kier molecular flexibility index (Phi) is 12.4. The monoisotopic (exact) mass is 468 g/mol. The average molecular weight is 468 g/mol. The summed E-state index contributed by atoms with van der Waals surface area (Å²) in [7, 11) is 1.72. The maximum absolute atomic E-state index is 11.8. The summed E-state index contributed by atoms with van der Waals surface area (Å²) in [5.41, 5.74) is -0.221. The highest BCUT2D eigenvalue weighted by Crippen LogP contribution is 2.30. The largest absolute Gasteiger partial charge is 0.378 e. The first-order valence-electron chi connectivity index (χ1n) is 9.23. The quantitative estimate of drug-likeness (QED) is 0.291. The van der Waals surface area contributed by atoms with Crippen LogP contribution >= 0.6 is 24.0 Å². The SMILES string of the molecule is CCOC(CCNC(=NC)NCC(=O)NC(C)(C)C)C1CCCC1.I. The van der Waals surface area contributed by atoms with Gasteiger partial charge in [0.15, 0.2) is 5.96 Å². The molecule has 0 aromatic rings. The smallest absolute Gasteiger partial charge is 0.239 e. The van der Waals surface area contributed by atoms with Gasteiger partial charge < -0.3 is 20.7 Å². The van der Waals surface area contributed by atoms with Gasteiger partial charge in [0, 0.05) is 25.7 Å². The highest BCUT2D eigenvalue weighted by atomic mass is 127. The molecule has 1 atom stereocenters. The van der Waals surface area contributed by atoms with E-state index < -0.39 is 0 Å². The molecule has 1 amide bonds. The van der Waals surface area contributed by atoms with Gasteiger partial charge >= 0.3 is 0 Å². The molecule has 6 nitrogen and oxygen atoms in total. The van der Waals surface area contributed by atoms with Crippen LogP contribution in [0.1, 0.15) is 59.8 Å². The Hall–Kier alpha value is -0.570. The number of guanidine groups is 1. The number of hydrogen-bond acceptors (Lipinski definition) is 3. The number of nitrogens with zero attached hydrogens (tertiary/aromatic N) is 1. The summed E-state index contributed by atoms with van der Waals surface area (Å²) in [6, 6.07) is 0. The van der Waals surface area contributed by atoms with Crippen molar-refractivity contribution in [1.29, 1.82) is 0 Å². The highest BCUT2D eigenvalue weighted by molar-refractivity contribution is 14.0. The lowest BCUT2D eigenvalue weighted by Gasteiger charge is -2.24. The van der Waals surface area contributed by atoms with Crippen LogP contribution in [0.5, 0.6) is 0 Å². The molecule has 0 heterocycles. The van der Waals surface area contributed by atoms with Gasteiger partial charge in [0.2, 0.25) is 5.91 Å². The van der Waals surface area contributed by atoms with Crippen LogP contribution in [0, 0.1) is 5.92 Å². The van der Waals surface area contributed by atoms with Crippen molar-refractivity contribution in [2.45, 2.75) is 71.4 Å². The number of nitrogens with one attached hydrogen (secondary N) is 3. The van der Waals surface area contributed by atoms with E-state index in [2.05, 4.69) is 27.9 Å². The molecule has 0 aliphatic heterocycles. The van der Waals surface area contributed by atoms with E-state index in [0.29, 0.717) is 18.0 Å². The molecule has 25 heavy (non-hydrogen) atoms. The van der Waals surface area contributed by atoms with Crippen molar-refractivity contribution in [1.82, 2.24) is 16.0 Å². The van der Waals surface area contributed by atoms with Gasteiger partial charge in [-0.15, -0.1) is 24.0 Å². The molecule has 0 saturated heterocycles. The third-order valence-electron chi connectivity index (χ3n) is 4.18. The molecule has 1 saturated carbocycles. The van der Waals surface area contributed by atoms with E-state index in [1.54, 1.807) is 7.05 Å². The van der Waals surface area contributed by atoms with Crippen LogP contribution in [0.25, 0.3) is 0 Å². The summed E-state index contributed by atoms with van der Waals surface area (Å²) in [5, 5.41) is 9.25. The van der Waals surface area contributed by atoms with Crippen molar-refractivity contribution in [2.75, 3.05) is 26.7 Å². The fourth-order valence-corrected chi connectivity index (χ4v) is 3.18. The first-order chi connectivity index (χ1) is 11.4. The van der Waals surface area contributed by atoms with Crippen molar-refractivity contribution in [3.05, 3.63) is 0 Å². The molecule has 1 fully saturated rings. The molecule has 0 radical (unpaired) electrons. The average Bonchev–Trinajstić information content (AvgIpc) is 3.02. The third-order valence-corrected chi connectivity index (χ3v) is 4.18. The molecule has 0 bridgehead atoms. The zero-order chi connectivity index (χ0) is 18.0. The number of carbonyl (C=O) groups is 1. The minimum atomic E-state index is -0.221. The van der Waals surface area contributed by atoms with E-state index in [1.165, 1.54) is 25.7 Å². The van der Waals surface area contributed by atoms with E-state index in [4.69, 9.17) is 4.74 Å². The zero-order valence-electron chi connectivity index (χ0n) is 16.5. The Balaban J connectivity index is 0.00000576. The van der Waals surface area contributed by atoms with Crippen LogP contribution < -0.4 is 16.0 Å². The lowest BCUT2D eigenvalue weighted by atomic mass is 9.98. The molecule has 3 N–H and O–H groups in total. The molecular weight excluding hydrogens is 431 g/mol. The van der Waals surface area contributed by atoms with Crippen molar-refractivity contribution >= 4 is 35.8 Å². The van der Waals surface area contributed by atoms with E-state index >= 15 is 0 Å². The number of hydrogen-bond donors (Lipinski definition) is 3. The molecule has 0 aromatic carbocycles. The molecule has 0 aromatic heterocycles. The lowest BCUT2D eigenvalue weighted by molar-refractivity contribution is -0.121. The van der Waals surface area contributed by atoms with Crippen LogP contribution in [0.4, 0.5) is 0 Å². The topological polar surface area (TPSA) is 74.8 Å². The predicted octanol–water partition coefficient (Wildman–Crippen LogP) is 2.67. The highest BCUT2D eigenvalue weighted by Gasteiger charge is 2.25. The number of rotatable bonds is 8. The predicted molar refractivity (Wildman–Crippen MR) is 115 cm³/mol. The maximum atomic E-state index is 11.8. The van der Waals surface area contributed by atoms with E-state index in [1.807, 2.05) is 20.8 Å². The molecular formula is C18H37IN4O2. The normalized spacial score (nSPS) is 16.9. The molecule has 148 valence electrons. The Morgan fingerprint density at radius 3 is 2.40 bits per heavy atom. The number of ether oxygens (including phenoxy) is 1. The maximum Gasteiger partial charge on any atom is 0.239 e. The van der Waals surface area contributed by atoms with Gasteiger partial charge in [-0.25, -0.2) is 0 Å². The van der Waals surface area contributed by atoms with Crippen LogP contribution in [0.15, 0.2) is 4.99 Å². The van der Waals surface area contributed by atoms with Crippen LogP contribution in [0.2, 0.25) is 0 Å². The first kappa shape index (κ1) is 24.4. The summed E-state index contributed by atoms with van der Waals surface area (Å²) >= 11 is 0. The van der Waals surface area contributed by atoms with Crippen molar-refractivity contribution in [2.24, 2.45) is 10.9 Å².